The number of anilines is 1. The van der Waals surface area contributed by atoms with E-state index < -0.39 is 28.6 Å². The number of thiophene rings is 1. The van der Waals surface area contributed by atoms with Gasteiger partial charge in [-0.3, -0.25) is 4.79 Å². The first-order valence-corrected chi connectivity index (χ1v) is 7.21. The average molecular weight is 368 g/mol. The monoisotopic (exact) mass is 367 g/mol. The van der Waals surface area contributed by atoms with Gasteiger partial charge in [0.25, 0.3) is 5.91 Å². The van der Waals surface area contributed by atoms with Crippen molar-refractivity contribution < 1.29 is 27.7 Å². The molecule has 0 aliphatic rings. The molecule has 0 radical (unpaired) electrons. The molecule has 124 valence electrons. The number of rotatable bonds is 5. The standard InChI is InChI=1S/C12H9ClF3N3O3S/c1-21-22-5-6-2-3-23-10(6)19-9(20)7-4-17-11(13)18-8(7)12(14,15)16/h2-4H,5H2,1H3,(H,19,20). The molecule has 0 fully saturated rings. The highest BCUT2D eigenvalue weighted by molar-refractivity contribution is 7.14. The van der Waals surface area contributed by atoms with E-state index in [-0.39, 0.29) is 6.61 Å². The van der Waals surface area contributed by atoms with Crippen LogP contribution in [0.2, 0.25) is 5.28 Å². The van der Waals surface area contributed by atoms with Crippen molar-refractivity contribution in [3.05, 3.63) is 39.7 Å². The zero-order valence-electron chi connectivity index (χ0n) is 11.5. The summed E-state index contributed by atoms with van der Waals surface area (Å²) in [7, 11) is 1.31. The predicted molar refractivity (Wildman–Crippen MR) is 76.1 cm³/mol. The maximum atomic E-state index is 13.0. The fourth-order valence-electron chi connectivity index (χ4n) is 1.59. The van der Waals surface area contributed by atoms with Crippen molar-refractivity contribution in [1.29, 1.82) is 0 Å². The Balaban J connectivity index is 2.27. The summed E-state index contributed by atoms with van der Waals surface area (Å²) in [5.41, 5.74) is -1.58. The number of nitrogens with zero attached hydrogens (tertiary/aromatic N) is 2. The molecule has 2 aromatic rings. The van der Waals surface area contributed by atoms with Gasteiger partial charge < -0.3 is 5.32 Å². The Morgan fingerprint density at radius 3 is 2.87 bits per heavy atom. The van der Waals surface area contributed by atoms with Crippen LogP contribution < -0.4 is 5.32 Å². The first kappa shape index (κ1) is 17.6. The molecule has 0 saturated heterocycles. The SMILES string of the molecule is COOCc1ccsc1NC(=O)c1cnc(Cl)nc1C(F)(F)F. The number of hydrogen-bond donors (Lipinski definition) is 1. The molecule has 2 aromatic heterocycles. The number of amides is 1. The van der Waals surface area contributed by atoms with Crippen LogP contribution in [0.5, 0.6) is 0 Å². The number of carbonyl (C=O) groups excluding carboxylic acids is 1. The van der Waals surface area contributed by atoms with Gasteiger partial charge in [-0.15, -0.1) is 11.3 Å². The summed E-state index contributed by atoms with van der Waals surface area (Å²) in [5, 5.41) is 3.75. The Hall–Kier alpha value is -1.75. The third-order valence-corrected chi connectivity index (χ3v) is 3.63. The summed E-state index contributed by atoms with van der Waals surface area (Å²) in [6.07, 6.45) is -4.11. The maximum Gasteiger partial charge on any atom is 0.434 e. The summed E-state index contributed by atoms with van der Waals surface area (Å²) < 4.78 is 38.9. The van der Waals surface area contributed by atoms with E-state index in [0.717, 1.165) is 17.5 Å². The molecule has 23 heavy (non-hydrogen) atoms. The lowest BCUT2D eigenvalue weighted by atomic mass is 10.2. The number of nitrogens with one attached hydrogen (secondary N) is 1. The second kappa shape index (κ2) is 7.21. The highest BCUT2D eigenvalue weighted by atomic mass is 35.5. The van der Waals surface area contributed by atoms with E-state index in [2.05, 4.69) is 20.2 Å². The van der Waals surface area contributed by atoms with E-state index in [0.29, 0.717) is 10.6 Å². The van der Waals surface area contributed by atoms with E-state index in [9.17, 15) is 18.0 Å². The summed E-state index contributed by atoms with van der Waals surface area (Å²) in [4.78, 5) is 27.8. The molecule has 1 amide bonds. The molecule has 0 aliphatic carbocycles. The first-order chi connectivity index (χ1) is 10.8. The Morgan fingerprint density at radius 2 is 2.22 bits per heavy atom. The van der Waals surface area contributed by atoms with Gasteiger partial charge in [0.05, 0.1) is 12.7 Å². The first-order valence-electron chi connectivity index (χ1n) is 5.96. The second-order valence-corrected chi connectivity index (χ2v) is 5.31. The van der Waals surface area contributed by atoms with Crippen LogP contribution in [-0.4, -0.2) is 23.0 Å². The van der Waals surface area contributed by atoms with Gasteiger partial charge in [0.2, 0.25) is 5.28 Å². The van der Waals surface area contributed by atoms with Gasteiger partial charge in [-0.05, 0) is 23.0 Å². The Labute approximate surface area is 137 Å². The molecule has 0 aliphatic heterocycles. The molecule has 0 aromatic carbocycles. The van der Waals surface area contributed by atoms with E-state index >= 15 is 0 Å². The Morgan fingerprint density at radius 1 is 1.48 bits per heavy atom. The highest BCUT2D eigenvalue weighted by Crippen LogP contribution is 2.32. The lowest BCUT2D eigenvalue weighted by molar-refractivity contribution is -0.282. The largest absolute Gasteiger partial charge is 0.434 e. The third kappa shape index (κ3) is 4.38. The van der Waals surface area contributed by atoms with Crippen LogP contribution >= 0.6 is 22.9 Å². The maximum absolute atomic E-state index is 13.0. The molecule has 1 N–H and O–H groups in total. The fourth-order valence-corrected chi connectivity index (χ4v) is 2.53. The molecular weight excluding hydrogens is 359 g/mol. The Bertz CT molecular complexity index is 708. The van der Waals surface area contributed by atoms with Crippen molar-refractivity contribution >= 4 is 33.8 Å². The highest BCUT2D eigenvalue weighted by Gasteiger charge is 2.38. The summed E-state index contributed by atoms with van der Waals surface area (Å²) in [6, 6.07) is 1.64. The van der Waals surface area contributed by atoms with Gasteiger partial charge in [0.1, 0.15) is 11.6 Å². The van der Waals surface area contributed by atoms with Crippen LogP contribution in [0.25, 0.3) is 0 Å². The van der Waals surface area contributed by atoms with Crippen molar-refractivity contribution in [1.82, 2.24) is 9.97 Å². The fraction of sp³-hybridized carbons (Fsp3) is 0.250. The smallest absolute Gasteiger partial charge is 0.313 e. The number of aromatic nitrogens is 2. The second-order valence-electron chi connectivity index (χ2n) is 4.06. The third-order valence-electron chi connectivity index (χ3n) is 2.58. The molecule has 0 unspecified atom stereocenters. The minimum atomic E-state index is -4.84. The number of hydrogen-bond acceptors (Lipinski definition) is 6. The van der Waals surface area contributed by atoms with Crippen LogP contribution in [0.1, 0.15) is 21.6 Å². The molecule has 0 saturated carbocycles. The summed E-state index contributed by atoms with van der Waals surface area (Å²) in [5.74, 6) is -1.00. The van der Waals surface area contributed by atoms with Crippen molar-refractivity contribution in [3.63, 3.8) is 0 Å². The Kier molecular flexibility index (Phi) is 5.52. The van der Waals surface area contributed by atoms with E-state index in [4.69, 9.17) is 16.5 Å². The summed E-state index contributed by atoms with van der Waals surface area (Å²) in [6.45, 7) is 0.0266. The topological polar surface area (TPSA) is 73.3 Å². The van der Waals surface area contributed by atoms with Crippen molar-refractivity contribution in [2.45, 2.75) is 12.8 Å². The predicted octanol–water partition coefficient (Wildman–Crippen LogP) is 3.54. The number of alkyl halides is 3. The lowest BCUT2D eigenvalue weighted by Gasteiger charge is -2.11. The van der Waals surface area contributed by atoms with Gasteiger partial charge in [-0.2, -0.15) is 13.2 Å². The van der Waals surface area contributed by atoms with Crippen LogP contribution in [0.4, 0.5) is 18.2 Å². The average Bonchev–Trinajstić information content (AvgIpc) is 2.91. The molecule has 0 spiro atoms. The number of halogens is 4. The van der Waals surface area contributed by atoms with Crippen LogP contribution in [0, 0.1) is 0 Å². The van der Waals surface area contributed by atoms with Crippen LogP contribution in [-0.2, 0) is 22.6 Å². The zero-order chi connectivity index (χ0) is 17.0. The van der Waals surface area contributed by atoms with E-state index in [1.807, 2.05) is 0 Å². The van der Waals surface area contributed by atoms with E-state index in [1.165, 1.54) is 7.11 Å². The quantitative estimate of drug-likeness (QED) is 0.497. The van der Waals surface area contributed by atoms with Gasteiger partial charge in [0.15, 0.2) is 5.69 Å². The molecule has 2 heterocycles. The number of carbonyl (C=O) groups is 1. The molecular formula is C12H9ClF3N3O3S. The zero-order valence-corrected chi connectivity index (χ0v) is 13.1. The molecule has 11 heteroatoms. The van der Waals surface area contributed by atoms with Crippen molar-refractivity contribution in [2.75, 3.05) is 12.4 Å². The van der Waals surface area contributed by atoms with Gasteiger partial charge >= 0.3 is 6.18 Å². The van der Waals surface area contributed by atoms with Crippen LogP contribution in [0.3, 0.4) is 0 Å². The van der Waals surface area contributed by atoms with Crippen molar-refractivity contribution in [3.8, 4) is 0 Å². The van der Waals surface area contributed by atoms with Gasteiger partial charge in [-0.1, -0.05) is 0 Å². The van der Waals surface area contributed by atoms with Gasteiger partial charge in [0, 0.05) is 11.8 Å². The normalized spacial score (nSPS) is 11.5. The lowest BCUT2D eigenvalue weighted by Crippen LogP contribution is -2.21. The minimum absolute atomic E-state index is 0.0266. The van der Waals surface area contributed by atoms with Crippen LogP contribution in [0.15, 0.2) is 17.6 Å². The summed E-state index contributed by atoms with van der Waals surface area (Å²) >= 11 is 6.49. The molecule has 0 bridgehead atoms. The van der Waals surface area contributed by atoms with Gasteiger partial charge in [-0.25, -0.2) is 19.7 Å². The molecule has 6 nitrogen and oxygen atoms in total. The van der Waals surface area contributed by atoms with Crippen molar-refractivity contribution in [2.24, 2.45) is 0 Å². The minimum Gasteiger partial charge on any atom is -0.313 e. The van der Waals surface area contributed by atoms with E-state index in [1.54, 1.807) is 11.4 Å². The molecule has 2 rings (SSSR count). The molecule has 0 atom stereocenters.